The van der Waals surface area contributed by atoms with Crippen LogP contribution in [-0.4, -0.2) is 18.5 Å². The van der Waals surface area contributed by atoms with Crippen LogP contribution in [0.5, 0.6) is 0 Å². The maximum absolute atomic E-state index is 8.47. The lowest BCUT2D eigenvalue weighted by atomic mass is 10.1. The fourth-order valence-electron chi connectivity index (χ4n) is 1.78. The molecule has 1 aromatic carbocycles. The molecule has 0 saturated carbocycles. The molecule has 1 atom stereocenters. The number of unbranched alkanes of at least 4 members (excludes halogenated alkanes) is 2. The van der Waals surface area contributed by atoms with E-state index in [1.807, 2.05) is 18.2 Å². The van der Waals surface area contributed by atoms with Gasteiger partial charge in [0, 0.05) is 17.5 Å². The summed E-state index contributed by atoms with van der Waals surface area (Å²) in [5.74, 6) is 0. The average molecular weight is 251 g/mol. The van der Waals surface area contributed by atoms with Crippen molar-refractivity contribution in [2.75, 3.05) is 13.6 Å². The predicted molar refractivity (Wildman–Crippen MR) is 72.0 cm³/mol. The summed E-state index contributed by atoms with van der Waals surface area (Å²) < 4.78 is 0. The maximum Gasteiger partial charge on any atom is 0.0621 e. The van der Waals surface area contributed by atoms with Crippen LogP contribution in [0.3, 0.4) is 0 Å². The Labute approximate surface area is 109 Å². The monoisotopic (exact) mass is 250 g/mol. The van der Waals surface area contributed by atoms with Crippen molar-refractivity contribution in [2.45, 2.75) is 32.2 Å². The first kappa shape index (κ1) is 14.0. The Hall–Kier alpha value is -1.04. The Kier molecular flexibility index (Phi) is 6.04. The summed E-state index contributed by atoms with van der Waals surface area (Å²) in [5, 5.41) is 9.26. The minimum atomic E-state index is 0.357. The minimum Gasteiger partial charge on any atom is -0.300 e. The number of halogens is 1. The summed E-state index contributed by atoms with van der Waals surface area (Å²) in [6.07, 6.45) is 2.69. The highest BCUT2D eigenvalue weighted by Gasteiger charge is 2.11. The Balaban J connectivity index is 2.46. The van der Waals surface area contributed by atoms with Gasteiger partial charge in [0.2, 0.25) is 0 Å². The summed E-state index contributed by atoms with van der Waals surface area (Å²) in [4.78, 5) is 2.29. The van der Waals surface area contributed by atoms with Crippen molar-refractivity contribution in [3.05, 3.63) is 34.9 Å². The third-order valence-electron chi connectivity index (χ3n) is 3.04. The Bertz CT molecular complexity index is 384. The summed E-state index contributed by atoms with van der Waals surface area (Å²) in [6.45, 7) is 3.19. The molecule has 0 heterocycles. The van der Waals surface area contributed by atoms with Gasteiger partial charge in [-0.1, -0.05) is 23.7 Å². The molecule has 0 spiro atoms. The van der Waals surface area contributed by atoms with Crippen LogP contribution >= 0.6 is 11.6 Å². The zero-order valence-electron chi connectivity index (χ0n) is 10.5. The van der Waals surface area contributed by atoms with Crippen LogP contribution in [0.4, 0.5) is 0 Å². The topological polar surface area (TPSA) is 27.0 Å². The predicted octanol–water partition coefficient (Wildman–Crippen LogP) is 4.03. The fraction of sp³-hybridized carbons (Fsp3) is 0.500. The first-order chi connectivity index (χ1) is 8.15. The average Bonchev–Trinajstić information content (AvgIpc) is 2.33. The molecule has 0 saturated heterocycles. The van der Waals surface area contributed by atoms with Gasteiger partial charge in [0.15, 0.2) is 0 Å². The van der Waals surface area contributed by atoms with Crippen LogP contribution in [0.15, 0.2) is 24.3 Å². The highest BCUT2D eigenvalue weighted by atomic mass is 35.5. The molecule has 2 nitrogen and oxygen atoms in total. The lowest BCUT2D eigenvalue weighted by molar-refractivity contribution is 0.256. The molecule has 0 N–H and O–H groups in total. The molecule has 0 aliphatic heterocycles. The first-order valence-corrected chi connectivity index (χ1v) is 6.35. The van der Waals surface area contributed by atoms with Crippen LogP contribution in [-0.2, 0) is 0 Å². The van der Waals surface area contributed by atoms with Crippen molar-refractivity contribution in [1.29, 1.82) is 5.26 Å². The standard InChI is InChI=1S/C14H19ClN2/c1-12(13-7-6-8-14(15)11-13)17(2)10-5-3-4-9-16/h6-8,11-12H,3-5,10H2,1-2H3. The highest BCUT2D eigenvalue weighted by Crippen LogP contribution is 2.22. The van der Waals surface area contributed by atoms with E-state index in [1.165, 1.54) is 5.56 Å². The Morgan fingerprint density at radius 1 is 1.41 bits per heavy atom. The molecule has 0 aliphatic rings. The van der Waals surface area contributed by atoms with Gasteiger partial charge in [-0.25, -0.2) is 0 Å². The molecule has 0 aromatic heterocycles. The Morgan fingerprint density at radius 2 is 2.18 bits per heavy atom. The molecule has 0 bridgehead atoms. The second kappa shape index (κ2) is 7.32. The van der Waals surface area contributed by atoms with E-state index in [-0.39, 0.29) is 0 Å². The van der Waals surface area contributed by atoms with Gasteiger partial charge in [0.1, 0.15) is 0 Å². The van der Waals surface area contributed by atoms with Crippen molar-refractivity contribution < 1.29 is 0 Å². The molecule has 0 aliphatic carbocycles. The van der Waals surface area contributed by atoms with Gasteiger partial charge in [-0.3, -0.25) is 4.90 Å². The molecular formula is C14H19ClN2. The fourth-order valence-corrected chi connectivity index (χ4v) is 1.98. The van der Waals surface area contributed by atoms with Gasteiger partial charge >= 0.3 is 0 Å². The van der Waals surface area contributed by atoms with Gasteiger partial charge in [-0.05, 0) is 51.1 Å². The highest BCUT2D eigenvalue weighted by molar-refractivity contribution is 6.30. The molecule has 0 amide bonds. The summed E-state index contributed by atoms with van der Waals surface area (Å²) in [6, 6.07) is 10.5. The lowest BCUT2D eigenvalue weighted by Gasteiger charge is -2.25. The van der Waals surface area contributed by atoms with Crippen LogP contribution in [0, 0.1) is 11.3 Å². The van der Waals surface area contributed by atoms with Crippen molar-refractivity contribution in [2.24, 2.45) is 0 Å². The second-order valence-corrected chi connectivity index (χ2v) is 4.76. The van der Waals surface area contributed by atoms with Crippen LogP contribution in [0.2, 0.25) is 5.02 Å². The summed E-state index contributed by atoms with van der Waals surface area (Å²) >= 11 is 5.98. The minimum absolute atomic E-state index is 0.357. The third kappa shape index (κ3) is 4.77. The van der Waals surface area contributed by atoms with Gasteiger partial charge in [-0.15, -0.1) is 0 Å². The van der Waals surface area contributed by atoms with Crippen LogP contribution in [0.25, 0.3) is 0 Å². The molecule has 0 radical (unpaired) electrons. The van der Waals surface area contributed by atoms with Crippen LogP contribution < -0.4 is 0 Å². The first-order valence-electron chi connectivity index (χ1n) is 5.98. The van der Waals surface area contributed by atoms with E-state index < -0.39 is 0 Å². The molecule has 1 unspecified atom stereocenters. The van der Waals surface area contributed by atoms with E-state index in [0.717, 1.165) is 24.4 Å². The van der Waals surface area contributed by atoms with E-state index in [9.17, 15) is 0 Å². The molecule has 1 aromatic rings. The van der Waals surface area contributed by atoms with E-state index in [1.54, 1.807) is 0 Å². The quantitative estimate of drug-likeness (QED) is 0.713. The third-order valence-corrected chi connectivity index (χ3v) is 3.28. The SMILES string of the molecule is CC(c1cccc(Cl)c1)N(C)CCCCC#N. The molecule has 0 fully saturated rings. The zero-order chi connectivity index (χ0) is 12.7. The van der Waals surface area contributed by atoms with Crippen molar-refractivity contribution in [3.8, 4) is 6.07 Å². The van der Waals surface area contributed by atoms with Crippen molar-refractivity contribution in [3.63, 3.8) is 0 Å². The number of benzene rings is 1. The summed E-state index contributed by atoms with van der Waals surface area (Å²) in [5.41, 5.74) is 1.24. The number of rotatable bonds is 6. The normalized spacial score (nSPS) is 12.4. The van der Waals surface area contributed by atoms with E-state index >= 15 is 0 Å². The summed E-state index contributed by atoms with van der Waals surface area (Å²) in [7, 11) is 2.11. The maximum atomic E-state index is 8.47. The van der Waals surface area contributed by atoms with Crippen LogP contribution in [0.1, 0.15) is 37.8 Å². The van der Waals surface area contributed by atoms with E-state index in [0.29, 0.717) is 12.5 Å². The van der Waals surface area contributed by atoms with Gasteiger partial charge in [0.25, 0.3) is 0 Å². The molecule has 92 valence electrons. The molecule has 17 heavy (non-hydrogen) atoms. The number of nitriles is 1. The van der Waals surface area contributed by atoms with E-state index in [2.05, 4.69) is 31.0 Å². The smallest absolute Gasteiger partial charge is 0.0621 e. The van der Waals surface area contributed by atoms with Gasteiger partial charge in [-0.2, -0.15) is 5.26 Å². The largest absolute Gasteiger partial charge is 0.300 e. The number of hydrogen-bond acceptors (Lipinski definition) is 2. The molecule has 1 rings (SSSR count). The zero-order valence-corrected chi connectivity index (χ0v) is 11.2. The molecule has 3 heteroatoms. The van der Waals surface area contributed by atoms with Gasteiger partial charge < -0.3 is 0 Å². The second-order valence-electron chi connectivity index (χ2n) is 4.33. The van der Waals surface area contributed by atoms with E-state index in [4.69, 9.17) is 16.9 Å². The number of nitrogens with zero attached hydrogens (tertiary/aromatic N) is 2. The van der Waals surface area contributed by atoms with Crippen molar-refractivity contribution >= 4 is 11.6 Å². The Morgan fingerprint density at radius 3 is 2.82 bits per heavy atom. The van der Waals surface area contributed by atoms with Gasteiger partial charge in [0.05, 0.1) is 6.07 Å². The number of hydrogen-bond donors (Lipinski definition) is 0. The molecular weight excluding hydrogens is 232 g/mol. The lowest BCUT2D eigenvalue weighted by Crippen LogP contribution is -2.23. The van der Waals surface area contributed by atoms with Crippen molar-refractivity contribution in [1.82, 2.24) is 4.90 Å².